The lowest BCUT2D eigenvalue weighted by atomic mass is 10.1. The number of nitrogens with zero attached hydrogens (tertiary/aromatic N) is 1. The topological polar surface area (TPSA) is 91.2 Å². The largest absolute Gasteiger partial charge is 0.465 e. The van der Waals surface area contributed by atoms with Gasteiger partial charge in [0.05, 0.1) is 12.7 Å². The number of rotatable bonds is 2. The predicted molar refractivity (Wildman–Crippen MR) is 52.6 cm³/mol. The number of aromatic nitrogens is 1. The highest BCUT2D eigenvalue weighted by molar-refractivity contribution is 5.91. The lowest BCUT2D eigenvalue weighted by molar-refractivity contribution is 0.0599. The first-order valence-electron chi connectivity index (χ1n) is 4.15. The van der Waals surface area contributed by atoms with Gasteiger partial charge in [0.2, 0.25) is 0 Å². The van der Waals surface area contributed by atoms with E-state index in [9.17, 15) is 4.79 Å². The van der Waals surface area contributed by atoms with Gasteiger partial charge in [-0.05, 0) is 13.0 Å². The molecule has 0 aliphatic rings. The number of pyridine rings is 1. The van der Waals surface area contributed by atoms with Gasteiger partial charge < -0.3 is 16.2 Å². The maximum atomic E-state index is 11.3. The minimum absolute atomic E-state index is 0.273. The van der Waals surface area contributed by atoms with Gasteiger partial charge in [-0.3, -0.25) is 0 Å². The van der Waals surface area contributed by atoms with E-state index in [1.165, 1.54) is 19.4 Å². The molecule has 1 rings (SSSR count). The molecule has 0 radical (unpaired) electrons. The molecule has 1 atom stereocenters. The number of ether oxygens (including phenoxy) is 1. The summed E-state index contributed by atoms with van der Waals surface area (Å²) in [6, 6.07) is 1.18. The molecule has 0 fully saturated rings. The third kappa shape index (κ3) is 2.00. The number of hydrogen-bond donors (Lipinski definition) is 2. The van der Waals surface area contributed by atoms with E-state index in [0.29, 0.717) is 11.1 Å². The van der Waals surface area contributed by atoms with Crippen molar-refractivity contribution in [1.82, 2.24) is 4.98 Å². The van der Waals surface area contributed by atoms with Gasteiger partial charge in [-0.1, -0.05) is 0 Å². The van der Waals surface area contributed by atoms with Gasteiger partial charge in [-0.2, -0.15) is 0 Å². The summed E-state index contributed by atoms with van der Waals surface area (Å²) in [5.74, 6) is -0.179. The first-order chi connectivity index (χ1) is 6.56. The molecule has 0 saturated heterocycles. The predicted octanol–water partition coefficient (Wildman–Crippen LogP) is 0.470. The van der Waals surface area contributed by atoms with Crippen LogP contribution in [0.3, 0.4) is 0 Å². The number of methoxy groups -OCH3 is 1. The Labute approximate surface area is 82.1 Å². The Morgan fingerprint density at radius 3 is 2.79 bits per heavy atom. The third-order valence-electron chi connectivity index (χ3n) is 1.85. The number of carbonyl (C=O) groups excluding carboxylic acids is 1. The zero-order valence-corrected chi connectivity index (χ0v) is 8.15. The fraction of sp³-hybridized carbons (Fsp3) is 0.333. The Kier molecular flexibility index (Phi) is 3.03. The molecule has 5 nitrogen and oxygen atoms in total. The molecule has 0 aliphatic carbocycles. The molecule has 0 spiro atoms. The Hall–Kier alpha value is -1.62. The summed E-state index contributed by atoms with van der Waals surface area (Å²) >= 11 is 0. The number of anilines is 1. The van der Waals surface area contributed by atoms with Crippen molar-refractivity contribution in [2.45, 2.75) is 13.0 Å². The summed E-state index contributed by atoms with van der Waals surface area (Å²) in [6.07, 6.45) is 1.49. The molecule has 76 valence electrons. The van der Waals surface area contributed by atoms with E-state index in [1.54, 1.807) is 6.92 Å². The van der Waals surface area contributed by atoms with E-state index in [-0.39, 0.29) is 11.9 Å². The van der Waals surface area contributed by atoms with Crippen LogP contribution in [0.25, 0.3) is 0 Å². The lowest BCUT2D eigenvalue weighted by Crippen LogP contribution is -2.14. The Morgan fingerprint density at radius 2 is 2.29 bits per heavy atom. The molecule has 1 aromatic rings. The lowest BCUT2D eigenvalue weighted by Gasteiger charge is -2.10. The number of carbonyl (C=O) groups is 1. The van der Waals surface area contributed by atoms with Gasteiger partial charge in [0.1, 0.15) is 5.82 Å². The van der Waals surface area contributed by atoms with Crippen LogP contribution in [0.4, 0.5) is 5.82 Å². The first kappa shape index (κ1) is 10.5. The van der Waals surface area contributed by atoms with E-state index < -0.39 is 5.97 Å². The highest BCUT2D eigenvalue weighted by Gasteiger charge is 2.15. The third-order valence-corrected chi connectivity index (χ3v) is 1.85. The van der Waals surface area contributed by atoms with Gasteiger partial charge in [0.25, 0.3) is 0 Å². The van der Waals surface area contributed by atoms with Gasteiger partial charge in [-0.25, -0.2) is 9.78 Å². The molecule has 0 amide bonds. The van der Waals surface area contributed by atoms with Gasteiger partial charge in [0.15, 0.2) is 0 Å². The van der Waals surface area contributed by atoms with Crippen molar-refractivity contribution < 1.29 is 9.53 Å². The number of nitrogen functional groups attached to an aromatic ring is 1. The Bertz CT molecular complexity index is 350. The highest BCUT2D eigenvalue weighted by atomic mass is 16.5. The molecular formula is C9H13N3O2. The van der Waals surface area contributed by atoms with Crippen LogP contribution in [-0.2, 0) is 4.74 Å². The van der Waals surface area contributed by atoms with Crippen LogP contribution in [0.2, 0.25) is 0 Å². The molecule has 14 heavy (non-hydrogen) atoms. The fourth-order valence-electron chi connectivity index (χ4n) is 1.13. The molecule has 4 N–H and O–H groups in total. The molecule has 0 aromatic carbocycles. The van der Waals surface area contributed by atoms with Crippen LogP contribution in [0.5, 0.6) is 0 Å². The minimum atomic E-state index is -0.452. The smallest absolute Gasteiger partial charge is 0.338 e. The van der Waals surface area contributed by atoms with E-state index >= 15 is 0 Å². The SMILES string of the molecule is COC(=O)c1cc(N)ncc1[C@H](C)N. The van der Waals surface area contributed by atoms with E-state index in [1.807, 2.05) is 0 Å². The van der Waals surface area contributed by atoms with Crippen molar-refractivity contribution in [3.63, 3.8) is 0 Å². The minimum Gasteiger partial charge on any atom is -0.465 e. The highest BCUT2D eigenvalue weighted by Crippen LogP contribution is 2.17. The van der Waals surface area contributed by atoms with Crippen LogP contribution in [0.1, 0.15) is 28.9 Å². The summed E-state index contributed by atoms with van der Waals surface area (Å²) in [6.45, 7) is 1.76. The second-order valence-electron chi connectivity index (χ2n) is 2.98. The molecule has 1 heterocycles. The van der Waals surface area contributed by atoms with Crippen LogP contribution >= 0.6 is 0 Å². The van der Waals surface area contributed by atoms with Crippen LogP contribution in [0, 0.1) is 0 Å². The second-order valence-corrected chi connectivity index (χ2v) is 2.98. The van der Waals surface area contributed by atoms with Crippen molar-refractivity contribution >= 4 is 11.8 Å². The van der Waals surface area contributed by atoms with E-state index in [2.05, 4.69) is 9.72 Å². The number of hydrogen-bond acceptors (Lipinski definition) is 5. The number of esters is 1. The standard InChI is InChI=1S/C9H13N3O2/c1-5(10)7-4-12-8(11)3-6(7)9(13)14-2/h3-5H,10H2,1-2H3,(H2,11,12)/t5-/m0/s1. The summed E-state index contributed by atoms with van der Waals surface area (Å²) in [4.78, 5) is 15.2. The number of nitrogens with two attached hydrogens (primary N) is 2. The van der Waals surface area contributed by atoms with Crippen molar-refractivity contribution in [3.05, 3.63) is 23.4 Å². The fourth-order valence-corrected chi connectivity index (χ4v) is 1.13. The summed E-state index contributed by atoms with van der Waals surface area (Å²) in [5.41, 5.74) is 12.1. The van der Waals surface area contributed by atoms with Crippen molar-refractivity contribution in [2.24, 2.45) is 5.73 Å². The molecule has 0 bridgehead atoms. The Balaban J connectivity index is 3.22. The van der Waals surface area contributed by atoms with Crippen LogP contribution in [0.15, 0.2) is 12.3 Å². The zero-order valence-electron chi connectivity index (χ0n) is 8.15. The van der Waals surface area contributed by atoms with Crippen molar-refractivity contribution in [1.29, 1.82) is 0 Å². The Morgan fingerprint density at radius 1 is 1.64 bits per heavy atom. The second kappa shape index (κ2) is 4.06. The maximum absolute atomic E-state index is 11.3. The molecule has 1 aromatic heterocycles. The van der Waals surface area contributed by atoms with E-state index in [0.717, 1.165) is 0 Å². The average Bonchev–Trinajstić information content (AvgIpc) is 2.16. The van der Waals surface area contributed by atoms with Crippen LogP contribution < -0.4 is 11.5 Å². The van der Waals surface area contributed by atoms with Crippen LogP contribution in [-0.4, -0.2) is 18.1 Å². The quantitative estimate of drug-likeness (QED) is 0.669. The normalized spacial score (nSPS) is 12.2. The molecule has 5 heteroatoms. The maximum Gasteiger partial charge on any atom is 0.338 e. The molecular weight excluding hydrogens is 182 g/mol. The van der Waals surface area contributed by atoms with Crippen molar-refractivity contribution in [2.75, 3.05) is 12.8 Å². The molecule has 0 aliphatic heterocycles. The van der Waals surface area contributed by atoms with Gasteiger partial charge >= 0.3 is 5.97 Å². The van der Waals surface area contributed by atoms with Gasteiger partial charge in [-0.15, -0.1) is 0 Å². The van der Waals surface area contributed by atoms with Crippen molar-refractivity contribution in [3.8, 4) is 0 Å². The summed E-state index contributed by atoms with van der Waals surface area (Å²) in [5, 5.41) is 0. The molecule has 0 unspecified atom stereocenters. The first-order valence-corrected chi connectivity index (χ1v) is 4.15. The van der Waals surface area contributed by atoms with E-state index in [4.69, 9.17) is 11.5 Å². The van der Waals surface area contributed by atoms with Gasteiger partial charge in [0, 0.05) is 17.8 Å². The average molecular weight is 195 g/mol. The summed E-state index contributed by atoms with van der Waals surface area (Å²) in [7, 11) is 1.31. The monoisotopic (exact) mass is 195 g/mol. The molecule has 0 saturated carbocycles. The zero-order chi connectivity index (χ0) is 10.7. The summed E-state index contributed by atoms with van der Waals surface area (Å²) < 4.78 is 4.60.